The van der Waals surface area contributed by atoms with E-state index in [1.165, 1.54) is 12.8 Å². The van der Waals surface area contributed by atoms with Crippen molar-refractivity contribution in [1.82, 2.24) is 0 Å². The summed E-state index contributed by atoms with van der Waals surface area (Å²) in [6.45, 7) is 0. The Bertz CT molecular complexity index is 745. The molecule has 0 aliphatic heterocycles. The summed E-state index contributed by atoms with van der Waals surface area (Å²) in [6, 6.07) is 8.05. The number of carbonyl (C=O) groups is 1. The largest absolute Gasteiger partial charge is 0.511 e. The monoisotopic (exact) mass is 357 g/mol. The van der Waals surface area contributed by atoms with Crippen LogP contribution in [-0.2, 0) is 10.2 Å². The lowest BCUT2D eigenvalue weighted by atomic mass is 9.72. The van der Waals surface area contributed by atoms with Gasteiger partial charge in [-0.05, 0) is 62.3 Å². The number of hydrogen-bond donors (Lipinski definition) is 1. The predicted molar refractivity (Wildman–Crippen MR) is 94.2 cm³/mol. The summed E-state index contributed by atoms with van der Waals surface area (Å²) in [7, 11) is 1.61. The van der Waals surface area contributed by atoms with E-state index in [1.54, 1.807) is 13.2 Å². The molecule has 0 spiro atoms. The molecule has 1 aromatic rings. The lowest BCUT2D eigenvalue weighted by Crippen LogP contribution is -2.27. The maximum absolute atomic E-state index is 10.7. The van der Waals surface area contributed by atoms with E-state index in [-0.39, 0.29) is 6.10 Å². The Morgan fingerprint density at radius 3 is 2.65 bits per heavy atom. The number of rotatable bonds is 5. The quantitative estimate of drug-likeness (QED) is 0.778. The molecule has 6 heteroatoms. The average Bonchev–Trinajstić information content (AvgIpc) is 3.15. The van der Waals surface area contributed by atoms with Crippen LogP contribution < -0.4 is 9.47 Å². The summed E-state index contributed by atoms with van der Waals surface area (Å²) < 4.78 is 16.3. The summed E-state index contributed by atoms with van der Waals surface area (Å²) >= 11 is 0. The van der Waals surface area contributed by atoms with Crippen LogP contribution in [0.4, 0.5) is 4.79 Å². The van der Waals surface area contributed by atoms with E-state index in [0.29, 0.717) is 36.5 Å². The minimum atomic E-state index is -1.32. The smallest absolute Gasteiger partial charge is 0.493 e. The molecule has 26 heavy (non-hydrogen) atoms. The first-order chi connectivity index (χ1) is 12.6. The first kappa shape index (κ1) is 18.1. The summed E-state index contributed by atoms with van der Waals surface area (Å²) in [6.07, 6.45) is 6.30. The van der Waals surface area contributed by atoms with Crippen molar-refractivity contribution in [2.75, 3.05) is 7.11 Å². The fourth-order valence-electron chi connectivity index (χ4n) is 3.71. The molecule has 1 aromatic carbocycles. The van der Waals surface area contributed by atoms with Crippen LogP contribution in [0.15, 0.2) is 30.0 Å². The standard InChI is InChI=1S/C20H23NO5/c1-24-17-7-6-14(12-18(17)25-15-4-2-3-5-15)20(13-21)10-8-16(9-11-20)26-19(22)23/h6-8,12,15H,2-5,9-11H2,1H3,(H,22,23). The van der Waals surface area contributed by atoms with Crippen molar-refractivity contribution in [3.63, 3.8) is 0 Å². The lowest BCUT2D eigenvalue weighted by Gasteiger charge is -2.30. The molecule has 0 heterocycles. The van der Waals surface area contributed by atoms with E-state index in [0.717, 1.165) is 18.4 Å². The second kappa shape index (κ2) is 7.69. The normalized spacial score (nSPS) is 23.0. The van der Waals surface area contributed by atoms with Crippen molar-refractivity contribution in [2.24, 2.45) is 0 Å². The van der Waals surface area contributed by atoms with Gasteiger partial charge >= 0.3 is 6.16 Å². The Morgan fingerprint density at radius 1 is 1.31 bits per heavy atom. The van der Waals surface area contributed by atoms with Crippen LogP contribution in [0, 0.1) is 11.3 Å². The zero-order chi connectivity index (χ0) is 18.6. The van der Waals surface area contributed by atoms with E-state index >= 15 is 0 Å². The molecular formula is C20H23NO5. The molecule has 1 N–H and O–H groups in total. The van der Waals surface area contributed by atoms with E-state index in [9.17, 15) is 10.1 Å². The number of ether oxygens (including phenoxy) is 3. The fourth-order valence-corrected chi connectivity index (χ4v) is 3.71. The Balaban J connectivity index is 1.86. The number of benzene rings is 1. The molecule has 6 nitrogen and oxygen atoms in total. The van der Waals surface area contributed by atoms with Gasteiger partial charge < -0.3 is 19.3 Å². The fraction of sp³-hybridized carbons (Fsp3) is 0.500. The van der Waals surface area contributed by atoms with Crippen LogP contribution in [0.3, 0.4) is 0 Å². The average molecular weight is 357 g/mol. The molecular weight excluding hydrogens is 334 g/mol. The SMILES string of the molecule is COc1ccc(C2(C#N)CC=C(OC(=O)O)CC2)cc1OC1CCCC1. The van der Waals surface area contributed by atoms with Crippen molar-refractivity contribution in [2.45, 2.75) is 56.5 Å². The van der Waals surface area contributed by atoms with Crippen molar-refractivity contribution < 1.29 is 24.1 Å². The Morgan fingerprint density at radius 2 is 2.08 bits per heavy atom. The number of hydrogen-bond acceptors (Lipinski definition) is 5. The molecule has 0 radical (unpaired) electrons. The van der Waals surface area contributed by atoms with Gasteiger partial charge in [0, 0.05) is 6.42 Å². The molecule has 138 valence electrons. The van der Waals surface area contributed by atoms with Crippen LogP contribution in [0.2, 0.25) is 0 Å². The summed E-state index contributed by atoms with van der Waals surface area (Å²) in [4.78, 5) is 10.7. The van der Waals surface area contributed by atoms with Gasteiger partial charge in [0.25, 0.3) is 0 Å². The first-order valence-electron chi connectivity index (χ1n) is 8.92. The number of allylic oxidation sites excluding steroid dienone is 2. The minimum Gasteiger partial charge on any atom is -0.493 e. The van der Waals surface area contributed by atoms with Crippen molar-refractivity contribution in [3.8, 4) is 17.6 Å². The van der Waals surface area contributed by atoms with Crippen LogP contribution in [0.25, 0.3) is 0 Å². The van der Waals surface area contributed by atoms with E-state index in [2.05, 4.69) is 6.07 Å². The third kappa shape index (κ3) is 3.77. The molecule has 2 aliphatic rings. The highest BCUT2D eigenvalue weighted by Gasteiger charge is 2.36. The third-order valence-electron chi connectivity index (χ3n) is 5.22. The molecule has 1 fully saturated rings. The highest BCUT2D eigenvalue weighted by molar-refractivity contribution is 5.58. The van der Waals surface area contributed by atoms with Gasteiger partial charge in [0.2, 0.25) is 0 Å². The number of nitrogens with zero attached hydrogens (tertiary/aromatic N) is 1. The predicted octanol–water partition coefficient (Wildman–Crippen LogP) is 4.54. The third-order valence-corrected chi connectivity index (χ3v) is 5.22. The van der Waals surface area contributed by atoms with Crippen molar-refractivity contribution in [3.05, 3.63) is 35.6 Å². The lowest BCUT2D eigenvalue weighted by molar-refractivity contribution is 0.113. The van der Waals surface area contributed by atoms with Gasteiger partial charge in [0.1, 0.15) is 5.76 Å². The first-order valence-corrected chi connectivity index (χ1v) is 8.92. The highest BCUT2D eigenvalue weighted by atomic mass is 16.7. The van der Waals surface area contributed by atoms with Gasteiger partial charge in [0.05, 0.1) is 24.7 Å². The zero-order valence-electron chi connectivity index (χ0n) is 14.9. The van der Waals surface area contributed by atoms with Gasteiger partial charge in [-0.25, -0.2) is 4.79 Å². The number of nitriles is 1. The van der Waals surface area contributed by atoms with Crippen LogP contribution in [-0.4, -0.2) is 24.5 Å². The summed E-state index contributed by atoms with van der Waals surface area (Å²) in [5.41, 5.74) is 0.144. The molecule has 0 aromatic heterocycles. The van der Waals surface area contributed by atoms with E-state index < -0.39 is 11.6 Å². The molecule has 1 unspecified atom stereocenters. The van der Waals surface area contributed by atoms with Gasteiger partial charge in [-0.1, -0.05) is 6.07 Å². The van der Waals surface area contributed by atoms with Crippen LogP contribution in [0.1, 0.15) is 50.5 Å². The van der Waals surface area contributed by atoms with Crippen molar-refractivity contribution in [1.29, 1.82) is 5.26 Å². The van der Waals surface area contributed by atoms with Crippen LogP contribution >= 0.6 is 0 Å². The van der Waals surface area contributed by atoms with Gasteiger partial charge in [0.15, 0.2) is 11.5 Å². The van der Waals surface area contributed by atoms with Gasteiger partial charge in [-0.15, -0.1) is 0 Å². The Kier molecular flexibility index (Phi) is 5.36. The van der Waals surface area contributed by atoms with Crippen molar-refractivity contribution >= 4 is 6.16 Å². The zero-order valence-corrected chi connectivity index (χ0v) is 14.9. The number of carboxylic acid groups (broad SMARTS) is 1. The minimum absolute atomic E-state index is 0.194. The molecule has 1 saturated carbocycles. The molecule has 0 amide bonds. The number of methoxy groups -OCH3 is 1. The Hall–Kier alpha value is -2.68. The second-order valence-corrected chi connectivity index (χ2v) is 6.83. The maximum atomic E-state index is 10.7. The topological polar surface area (TPSA) is 88.8 Å². The molecule has 2 aliphatic carbocycles. The van der Waals surface area contributed by atoms with Gasteiger partial charge in [-0.3, -0.25) is 0 Å². The maximum Gasteiger partial charge on any atom is 0.511 e. The molecule has 3 rings (SSSR count). The molecule has 0 saturated heterocycles. The second-order valence-electron chi connectivity index (χ2n) is 6.83. The Labute approximate surface area is 153 Å². The highest BCUT2D eigenvalue weighted by Crippen LogP contribution is 2.42. The molecule has 0 bridgehead atoms. The summed E-state index contributed by atoms with van der Waals surface area (Å²) in [5, 5.41) is 18.6. The van der Waals surface area contributed by atoms with Gasteiger partial charge in [-0.2, -0.15) is 5.26 Å². The van der Waals surface area contributed by atoms with E-state index in [4.69, 9.17) is 19.3 Å². The molecule has 1 atom stereocenters. The summed E-state index contributed by atoms with van der Waals surface area (Å²) in [5.74, 6) is 1.73. The van der Waals surface area contributed by atoms with E-state index in [1.807, 2.05) is 18.2 Å². The van der Waals surface area contributed by atoms with Crippen LogP contribution in [0.5, 0.6) is 11.5 Å².